The summed E-state index contributed by atoms with van der Waals surface area (Å²) in [7, 11) is -3.69. The van der Waals surface area contributed by atoms with Gasteiger partial charge in [0.05, 0.1) is 12.2 Å². The summed E-state index contributed by atoms with van der Waals surface area (Å²) < 4.78 is 24.6. The van der Waals surface area contributed by atoms with Gasteiger partial charge in [0.2, 0.25) is 16.0 Å². The largest absolute Gasteiger partial charge is 0.481 e. The van der Waals surface area contributed by atoms with E-state index in [1.165, 1.54) is 18.5 Å². The summed E-state index contributed by atoms with van der Waals surface area (Å²) in [5, 5.41) is 8.32. The molecular weight excluding hydrogens is 222 g/mol. The minimum absolute atomic E-state index is 0.0668. The van der Waals surface area contributed by atoms with Crippen LogP contribution in [0.25, 0.3) is 0 Å². The average Bonchev–Trinajstić information content (AvgIpc) is 2.16. The number of sulfonamides is 1. The van der Waals surface area contributed by atoms with Gasteiger partial charge in [-0.1, -0.05) is 0 Å². The summed E-state index contributed by atoms with van der Waals surface area (Å²) in [5.74, 6) is -1.74. The SMILES string of the molecule is O=C(O)CCS(=O)(=O)Nc1ncccn1. The molecule has 1 heterocycles. The molecule has 0 amide bonds. The minimum atomic E-state index is -3.69. The Morgan fingerprint density at radius 2 is 2.00 bits per heavy atom. The zero-order valence-corrected chi connectivity index (χ0v) is 8.44. The van der Waals surface area contributed by atoms with E-state index in [4.69, 9.17) is 5.11 Å². The van der Waals surface area contributed by atoms with Crippen molar-refractivity contribution in [1.29, 1.82) is 0 Å². The lowest BCUT2D eigenvalue weighted by Crippen LogP contribution is -2.20. The van der Waals surface area contributed by atoms with E-state index >= 15 is 0 Å². The van der Waals surface area contributed by atoms with E-state index in [1.54, 1.807) is 0 Å². The molecule has 0 unspecified atom stereocenters. The fourth-order valence-corrected chi connectivity index (χ4v) is 1.69. The quantitative estimate of drug-likeness (QED) is 0.719. The fraction of sp³-hybridized carbons (Fsp3) is 0.286. The predicted molar refractivity (Wildman–Crippen MR) is 51.7 cm³/mol. The van der Waals surface area contributed by atoms with Crippen LogP contribution < -0.4 is 4.72 Å². The maximum absolute atomic E-state index is 11.2. The molecule has 0 bridgehead atoms. The Morgan fingerprint density at radius 3 is 2.53 bits per heavy atom. The Balaban J connectivity index is 2.61. The van der Waals surface area contributed by atoms with Gasteiger partial charge in [0.1, 0.15) is 0 Å². The maximum atomic E-state index is 11.2. The number of anilines is 1. The molecule has 0 aliphatic rings. The second kappa shape index (κ2) is 4.69. The van der Waals surface area contributed by atoms with Crippen LogP contribution in [0.1, 0.15) is 6.42 Å². The summed E-state index contributed by atoms with van der Waals surface area (Å²) >= 11 is 0. The first-order chi connectivity index (χ1) is 6.99. The Labute approximate surface area is 86.2 Å². The van der Waals surface area contributed by atoms with Gasteiger partial charge < -0.3 is 5.11 Å². The molecule has 82 valence electrons. The summed E-state index contributed by atoms with van der Waals surface area (Å²) in [5.41, 5.74) is 0. The number of hydrogen-bond acceptors (Lipinski definition) is 5. The van der Waals surface area contributed by atoms with Crippen molar-refractivity contribution in [2.24, 2.45) is 0 Å². The Kier molecular flexibility index (Phi) is 3.56. The summed E-state index contributed by atoms with van der Waals surface area (Å²) in [6, 6.07) is 1.54. The molecule has 0 aliphatic heterocycles. The number of carboxylic acid groups (broad SMARTS) is 1. The number of aromatic nitrogens is 2. The highest BCUT2D eigenvalue weighted by atomic mass is 32.2. The number of hydrogen-bond donors (Lipinski definition) is 2. The molecule has 0 saturated carbocycles. The summed E-state index contributed by atoms with van der Waals surface area (Å²) in [6.45, 7) is 0. The molecule has 15 heavy (non-hydrogen) atoms. The summed E-state index contributed by atoms with van der Waals surface area (Å²) in [6.07, 6.45) is 2.30. The van der Waals surface area contributed by atoms with Gasteiger partial charge in [-0.05, 0) is 6.07 Å². The van der Waals surface area contributed by atoms with Crippen LogP contribution >= 0.6 is 0 Å². The van der Waals surface area contributed by atoms with Crippen molar-refractivity contribution in [3.05, 3.63) is 18.5 Å². The lowest BCUT2D eigenvalue weighted by molar-refractivity contribution is -0.136. The molecule has 1 rings (SSSR count). The molecule has 0 fully saturated rings. The van der Waals surface area contributed by atoms with Crippen LogP contribution in [0.15, 0.2) is 18.5 Å². The lowest BCUT2D eigenvalue weighted by Gasteiger charge is -2.03. The highest BCUT2D eigenvalue weighted by molar-refractivity contribution is 7.92. The first kappa shape index (κ1) is 11.4. The average molecular weight is 231 g/mol. The highest BCUT2D eigenvalue weighted by Crippen LogP contribution is 2.00. The lowest BCUT2D eigenvalue weighted by atomic mass is 10.5. The third kappa shape index (κ3) is 4.36. The van der Waals surface area contributed by atoms with Crippen LogP contribution in [-0.4, -0.2) is 35.2 Å². The molecule has 7 nitrogen and oxygen atoms in total. The van der Waals surface area contributed by atoms with Crippen molar-refractivity contribution >= 4 is 21.9 Å². The van der Waals surface area contributed by atoms with E-state index in [9.17, 15) is 13.2 Å². The van der Waals surface area contributed by atoms with Gasteiger partial charge in [0.25, 0.3) is 0 Å². The molecule has 0 atom stereocenters. The maximum Gasteiger partial charge on any atom is 0.304 e. The van der Waals surface area contributed by atoms with E-state index in [-0.39, 0.29) is 5.95 Å². The van der Waals surface area contributed by atoms with Gasteiger partial charge in [0, 0.05) is 12.4 Å². The Bertz CT molecular complexity index is 431. The van der Waals surface area contributed by atoms with Gasteiger partial charge in [-0.3, -0.25) is 9.52 Å². The minimum Gasteiger partial charge on any atom is -0.481 e. The number of nitrogens with zero attached hydrogens (tertiary/aromatic N) is 2. The highest BCUT2D eigenvalue weighted by Gasteiger charge is 2.13. The van der Waals surface area contributed by atoms with E-state index in [2.05, 4.69) is 14.7 Å². The van der Waals surface area contributed by atoms with Crippen molar-refractivity contribution in [2.45, 2.75) is 6.42 Å². The molecule has 0 saturated heterocycles. The van der Waals surface area contributed by atoms with Crippen molar-refractivity contribution < 1.29 is 18.3 Å². The molecule has 0 aromatic carbocycles. The van der Waals surface area contributed by atoms with Crippen LogP contribution in [-0.2, 0) is 14.8 Å². The van der Waals surface area contributed by atoms with Gasteiger partial charge in [-0.2, -0.15) is 0 Å². The number of aliphatic carboxylic acids is 1. The first-order valence-corrected chi connectivity index (χ1v) is 5.64. The van der Waals surface area contributed by atoms with Crippen LogP contribution in [0.5, 0.6) is 0 Å². The number of carboxylic acids is 1. The van der Waals surface area contributed by atoms with Crippen molar-refractivity contribution in [3.63, 3.8) is 0 Å². The standard InChI is InChI=1S/C7H9N3O4S/c11-6(12)2-5-15(13,14)10-7-8-3-1-4-9-7/h1,3-4H,2,5H2,(H,11,12)(H,8,9,10). The Morgan fingerprint density at radius 1 is 1.40 bits per heavy atom. The van der Waals surface area contributed by atoms with E-state index in [0.29, 0.717) is 0 Å². The third-order valence-corrected chi connectivity index (χ3v) is 2.63. The van der Waals surface area contributed by atoms with E-state index in [0.717, 1.165) is 0 Å². The van der Waals surface area contributed by atoms with Crippen molar-refractivity contribution in [2.75, 3.05) is 10.5 Å². The smallest absolute Gasteiger partial charge is 0.304 e. The Hall–Kier alpha value is -1.70. The second-order valence-corrected chi connectivity index (χ2v) is 4.48. The van der Waals surface area contributed by atoms with Crippen molar-refractivity contribution in [1.82, 2.24) is 9.97 Å². The normalized spacial score (nSPS) is 10.9. The molecule has 8 heteroatoms. The number of nitrogens with one attached hydrogen (secondary N) is 1. The van der Waals surface area contributed by atoms with Gasteiger partial charge in [-0.15, -0.1) is 0 Å². The zero-order chi connectivity index (χ0) is 11.3. The topological polar surface area (TPSA) is 109 Å². The van der Waals surface area contributed by atoms with E-state index < -0.39 is 28.2 Å². The first-order valence-electron chi connectivity index (χ1n) is 3.99. The van der Waals surface area contributed by atoms with Crippen LogP contribution in [0.4, 0.5) is 5.95 Å². The predicted octanol–water partition coefficient (Wildman–Crippen LogP) is -0.307. The molecule has 1 aromatic heterocycles. The van der Waals surface area contributed by atoms with Crippen LogP contribution in [0, 0.1) is 0 Å². The molecule has 1 aromatic rings. The third-order valence-electron chi connectivity index (χ3n) is 1.40. The molecule has 2 N–H and O–H groups in total. The van der Waals surface area contributed by atoms with Crippen LogP contribution in [0.3, 0.4) is 0 Å². The zero-order valence-electron chi connectivity index (χ0n) is 7.62. The monoisotopic (exact) mass is 231 g/mol. The van der Waals surface area contributed by atoms with Gasteiger partial charge in [0.15, 0.2) is 0 Å². The van der Waals surface area contributed by atoms with Crippen molar-refractivity contribution in [3.8, 4) is 0 Å². The molecule has 0 spiro atoms. The number of rotatable bonds is 5. The molecule has 0 aliphatic carbocycles. The van der Waals surface area contributed by atoms with Crippen LogP contribution in [0.2, 0.25) is 0 Å². The van der Waals surface area contributed by atoms with Gasteiger partial charge in [-0.25, -0.2) is 18.4 Å². The van der Waals surface area contributed by atoms with Gasteiger partial charge >= 0.3 is 5.97 Å². The molecule has 0 radical (unpaired) electrons. The van der Waals surface area contributed by atoms with E-state index in [1.807, 2.05) is 0 Å². The fourth-order valence-electron chi connectivity index (χ4n) is 0.764. The second-order valence-electron chi connectivity index (χ2n) is 2.64. The molecular formula is C7H9N3O4S. The number of carbonyl (C=O) groups is 1. The summed E-state index contributed by atoms with van der Waals surface area (Å²) in [4.78, 5) is 17.5.